The van der Waals surface area contributed by atoms with Gasteiger partial charge in [0.2, 0.25) is 0 Å². The van der Waals surface area contributed by atoms with Crippen molar-refractivity contribution < 1.29 is 5.11 Å². The summed E-state index contributed by atoms with van der Waals surface area (Å²) in [5.41, 5.74) is 1.03. The van der Waals surface area contributed by atoms with Gasteiger partial charge >= 0.3 is 0 Å². The molecule has 1 fully saturated rings. The van der Waals surface area contributed by atoms with Gasteiger partial charge < -0.3 is 10.1 Å². The molecule has 2 rings (SSSR count). The van der Waals surface area contributed by atoms with Gasteiger partial charge in [-0.2, -0.15) is 0 Å². The van der Waals surface area contributed by atoms with Gasteiger partial charge in [-0.05, 0) is 24.0 Å². The predicted octanol–water partition coefficient (Wildman–Crippen LogP) is 2.63. The predicted molar refractivity (Wildman–Crippen MR) is 52.3 cm³/mol. The lowest BCUT2D eigenvalue weighted by Gasteiger charge is -2.13. The quantitative estimate of drug-likeness (QED) is 0.735. The molecule has 0 spiro atoms. The fourth-order valence-electron chi connectivity index (χ4n) is 2.24. The van der Waals surface area contributed by atoms with E-state index in [2.05, 4.69) is 4.98 Å². The first-order chi connectivity index (χ1) is 6.36. The van der Waals surface area contributed by atoms with Gasteiger partial charge in [-0.3, -0.25) is 0 Å². The molecule has 1 aromatic heterocycles. The first-order valence-electron chi connectivity index (χ1n) is 5.17. The Morgan fingerprint density at radius 2 is 2.23 bits per heavy atom. The van der Waals surface area contributed by atoms with Crippen LogP contribution in [0.15, 0.2) is 18.5 Å². The standard InChI is InChI=1S/C11H17NO/c13-11(10-5-6-12-8-10)7-9-3-1-2-4-9/h5-6,8-9,11-13H,1-4,7H2. The Kier molecular flexibility index (Phi) is 2.69. The van der Waals surface area contributed by atoms with Crippen molar-refractivity contribution >= 4 is 0 Å². The maximum atomic E-state index is 9.85. The first kappa shape index (κ1) is 8.82. The summed E-state index contributed by atoms with van der Waals surface area (Å²) in [6.07, 6.45) is 9.76. The normalized spacial score (nSPS) is 20.7. The van der Waals surface area contributed by atoms with E-state index in [9.17, 15) is 5.11 Å². The number of aliphatic hydroxyl groups excluding tert-OH is 1. The van der Waals surface area contributed by atoms with E-state index in [4.69, 9.17) is 0 Å². The van der Waals surface area contributed by atoms with Crippen LogP contribution in [0.1, 0.15) is 43.8 Å². The van der Waals surface area contributed by atoms with E-state index < -0.39 is 0 Å². The zero-order chi connectivity index (χ0) is 9.10. The largest absolute Gasteiger partial charge is 0.388 e. The highest BCUT2D eigenvalue weighted by atomic mass is 16.3. The third-order valence-electron chi connectivity index (χ3n) is 3.04. The lowest BCUT2D eigenvalue weighted by molar-refractivity contribution is 0.145. The highest BCUT2D eigenvalue weighted by molar-refractivity contribution is 5.11. The minimum absolute atomic E-state index is 0.255. The molecule has 1 saturated carbocycles. The minimum atomic E-state index is -0.255. The van der Waals surface area contributed by atoms with Crippen molar-refractivity contribution in [1.82, 2.24) is 4.98 Å². The fraction of sp³-hybridized carbons (Fsp3) is 0.636. The van der Waals surface area contributed by atoms with Crippen molar-refractivity contribution in [3.63, 3.8) is 0 Å². The van der Waals surface area contributed by atoms with E-state index >= 15 is 0 Å². The molecule has 0 bridgehead atoms. The Balaban J connectivity index is 1.87. The molecule has 1 unspecified atom stereocenters. The third kappa shape index (κ3) is 2.13. The molecule has 0 aliphatic heterocycles. The number of aliphatic hydroxyl groups is 1. The molecule has 0 radical (unpaired) electrons. The van der Waals surface area contributed by atoms with Crippen molar-refractivity contribution in [1.29, 1.82) is 0 Å². The smallest absolute Gasteiger partial charge is 0.0807 e. The summed E-state index contributed by atoms with van der Waals surface area (Å²) >= 11 is 0. The van der Waals surface area contributed by atoms with Crippen LogP contribution in [0.5, 0.6) is 0 Å². The molecule has 0 aromatic carbocycles. The minimum Gasteiger partial charge on any atom is -0.388 e. The number of hydrogen-bond donors (Lipinski definition) is 2. The summed E-state index contributed by atoms with van der Waals surface area (Å²) in [4.78, 5) is 2.98. The Hall–Kier alpha value is -0.760. The van der Waals surface area contributed by atoms with E-state index in [1.165, 1.54) is 25.7 Å². The molecular formula is C11H17NO. The summed E-state index contributed by atoms with van der Waals surface area (Å²) in [5.74, 6) is 0.755. The summed E-state index contributed by atoms with van der Waals surface area (Å²) < 4.78 is 0. The first-order valence-corrected chi connectivity index (χ1v) is 5.17. The van der Waals surface area contributed by atoms with Crippen molar-refractivity contribution in [2.24, 2.45) is 5.92 Å². The van der Waals surface area contributed by atoms with Gasteiger partial charge in [0, 0.05) is 12.4 Å². The number of nitrogens with one attached hydrogen (secondary N) is 1. The number of H-pyrrole nitrogens is 1. The van der Waals surface area contributed by atoms with Crippen LogP contribution < -0.4 is 0 Å². The van der Waals surface area contributed by atoms with E-state index in [1.54, 1.807) is 0 Å². The topological polar surface area (TPSA) is 36.0 Å². The van der Waals surface area contributed by atoms with Crippen LogP contribution in [0, 0.1) is 5.92 Å². The van der Waals surface area contributed by atoms with Crippen LogP contribution in [0.4, 0.5) is 0 Å². The second kappa shape index (κ2) is 3.97. The maximum Gasteiger partial charge on any atom is 0.0807 e. The molecule has 0 saturated heterocycles. The second-order valence-electron chi connectivity index (χ2n) is 4.05. The maximum absolute atomic E-state index is 9.85. The van der Waals surface area contributed by atoms with Gasteiger partial charge in [0.05, 0.1) is 6.10 Å². The lowest BCUT2D eigenvalue weighted by Crippen LogP contribution is -2.03. The van der Waals surface area contributed by atoms with Crippen LogP contribution in [-0.2, 0) is 0 Å². The Bertz CT molecular complexity index is 237. The average Bonchev–Trinajstić information content (AvgIpc) is 2.74. The Morgan fingerprint density at radius 3 is 2.85 bits per heavy atom. The van der Waals surface area contributed by atoms with Crippen molar-refractivity contribution in [2.45, 2.75) is 38.2 Å². The van der Waals surface area contributed by atoms with E-state index in [0.717, 1.165) is 17.9 Å². The van der Waals surface area contributed by atoms with E-state index in [0.29, 0.717) is 0 Å². The second-order valence-corrected chi connectivity index (χ2v) is 4.05. The highest BCUT2D eigenvalue weighted by Gasteiger charge is 2.19. The van der Waals surface area contributed by atoms with Gasteiger partial charge in [0.25, 0.3) is 0 Å². The number of aromatic amines is 1. The van der Waals surface area contributed by atoms with Crippen LogP contribution in [0.2, 0.25) is 0 Å². The third-order valence-corrected chi connectivity index (χ3v) is 3.04. The van der Waals surface area contributed by atoms with Crippen LogP contribution in [0.3, 0.4) is 0 Å². The van der Waals surface area contributed by atoms with Crippen LogP contribution >= 0.6 is 0 Å². The van der Waals surface area contributed by atoms with E-state index in [-0.39, 0.29) is 6.10 Å². The zero-order valence-electron chi connectivity index (χ0n) is 7.87. The molecule has 13 heavy (non-hydrogen) atoms. The summed E-state index contributed by atoms with van der Waals surface area (Å²) in [5, 5.41) is 9.85. The van der Waals surface area contributed by atoms with Crippen LogP contribution in [0.25, 0.3) is 0 Å². The number of aromatic nitrogens is 1. The lowest BCUT2D eigenvalue weighted by atomic mass is 9.97. The molecule has 1 heterocycles. The fourth-order valence-corrected chi connectivity index (χ4v) is 2.24. The van der Waals surface area contributed by atoms with Crippen molar-refractivity contribution in [3.8, 4) is 0 Å². The molecule has 72 valence electrons. The van der Waals surface area contributed by atoms with Crippen molar-refractivity contribution in [3.05, 3.63) is 24.0 Å². The zero-order valence-corrected chi connectivity index (χ0v) is 7.87. The SMILES string of the molecule is OC(CC1CCCC1)c1cc[nH]c1. The molecular weight excluding hydrogens is 162 g/mol. The molecule has 2 heteroatoms. The number of rotatable bonds is 3. The molecule has 1 aliphatic carbocycles. The van der Waals surface area contributed by atoms with Crippen molar-refractivity contribution in [2.75, 3.05) is 0 Å². The molecule has 1 aliphatic rings. The average molecular weight is 179 g/mol. The number of hydrogen-bond acceptors (Lipinski definition) is 1. The molecule has 0 amide bonds. The molecule has 2 nitrogen and oxygen atoms in total. The van der Waals surface area contributed by atoms with Gasteiger partial charge in [-0.15, -0.1) is 0 Å². The van der Waals surface area contributed by atoms with Gasteiger partial charge in [0.15, 0.2) is 0 Å². The molecule has 2 N–H and O–H groups in total. The summed E-state index contributed by atoms with van der Waals surface area (Å²) in [6.45, 7) is 0. The summed E-state index contributed by atoms with van der Waals surface area (Å²) in [7, 11) is 0. The van der Waals surface area contributed by atoms with Crippen LogP contribution in [-0.4, -0.2) is 10.1 Å². The van der Waals surface area contributed by atoms with Gasteiger partial charge in [-0.1, -0.05) is 25.7 Å². The molecule has 1 atom stereocenters. The highest BCUT2D eigenvalue weighted by Crippen LogP contribution is 2.32. The van der Waals surface area contributed by atoms with Gasteiger partial charge in [0.1, 0.15) is 0 Å². The van der Waals surface area contributed by atoms with Gasteiger partial charge in [-0.25, -0.2) is 0 Å². The monoisotopic (exact) mass is 179 g/mol. The molecule has 1 aromatic rings. The summed E-state index contributed by atoms with van der Waals surface area (Å²) in [6, 6.07) is 1.96. The Labute approximate surface area is 79.0 Å². The Morgan fingerprint density at radius 1 is 1.46 bits per heavy atom. The van der Waals surface area contributed by atoms with E-state index in [1.807, 2.05) is 18.5 Å².